The molecule has 1 amide bonds. The van der Waals surface area contributed by atoms with Crippen molar-refractivity contribution in [3.05, 3.63) is 59.2 Å². The molecule has 2 aromatic rings. The molecule has 1 unspecified atom stereocenters. The van der Waals surface area contributed by atoms with Crippen LogP contribution in [0.2, 0.25) is 0 Å². The summed E-state index contributed by atoms with van der Waals surface area (Å²) in [5.74, 6) is 0.859. The average Bonchev–Trinajstić information content (AvgIpc) is 2.71. The highest BCUT2D eigenvalue weighted by molar-refractivity contribution is 5.88. The molecular formula is C24H33N3O3. The Morgan fingerprint density at radius 2 is 1.87 bits per heavy atom. The predicted molar refractivity (Wildman–Crippen MR) is 120 cm³/mol. The number of hydrogen-bond acceptors (Lipinski definition) is 5. The largest absolute Gasteiger partial charge is 0.496 e. The van der Waals surface area contributed by atoms with Gasteiger partial charge >= 0.3 is 0 Å². The van der Waals surface area contributed by atoms with E-state index in [0.717, 1.165) is 56.1 Å². The normalized spacial score (nSPS) is 17.7. The third-order valence-corrected chi connectivity index (χ3v) is 5.68. The van der Waals surface area contributed by atoms with Crippen LogP contribution in [0.1, 0.15) is 30.0 Å². The summed E-state index contributed by atoms with van der Waals surface area (Å²) in [5.41, 5.74) is 4.48. The number of methoxy groups -OCH3 is 1. The van der Waals surface area contributed by atoms with Gasteiger partial charge in [0.25, 0.3) is 0 Å². The molecule has 0 saturated carbocycles. The van der Waals surface area contributed by atoms with E-state index in [9.17, 15) is 9.90 Å². The van der Waals surface area contributed by atoms with Gasteiger partial charge in [0.15, 0.2) is 0 Å². The zero-order valence-corrected chi connectivity index (χ0v) is 18.2. The minimum atomic E-state index is -0.0576. The monoisotopic (exact) mass is 411 g/mol. The number of anilines is 1. The third kappa shape index (κ3) is 6.05. The number of piperazine rings is 1. The number of rotatable bonds is 8. The minimum absolute atomic E-state index is 0.0576. The van der Waals surface area contributed by atoms with Gasteiger partial charge in [-0.3, -0.25) is 14.6 Å². The van der Waals surface area contributed by atoms with E-state index in [0.29, 0.717) is 6.04 Å². The number of benzene rings is 2. The van der Waals surface area contributed by atoms with E-state index in [1.807, 2.05) is 18.2 Å². The van der Waals surface area contributed by atoms with Crippen LogP contribution in [0.3, 0.4) is 0 Å². The lowest BCUT2D eigenvalue weighted by Gasteiger charge is -2.41. The molecule has 0 aromatic heterocycles. The average molecular weight is 412 g/mol. The van der Waals surface area contributed by atoms with Crippen LogP contribution in [-0.2, 0) is 17.9 Å². The Bertz CT molecular complexity index is 838. The van der Waals surface area contributed by atoms with Gasteiger partial charge in [0.05, 0.1) is 7.11 Å². The maximum Gasteiger partial charge on any atom is 0.221 e. The summed E-state index contributed by atoms with van der Waals surface area (Å²) in [6.45, 7) is 8.44. The Labute approximate surface area is 179 Å². The fourth-order valence-corrected chi connectivity index (χ4v) is 4.16. The van der Waals surface area contributed by atoms with Gasteiger partial charge in [-0.1, -0.05) is 24.3 Å². The lowest BCUT2D eigenvalue weighted by molar-refractivity contribution is -0.114. The van der Waals surface area contributed by atoms with Gasteiger partial charge in [-0.2, -0.15) is 0 Å². The van der Waals surface area contributed by atoms with E-state index in [1.54, 1.807) is 7.11 Å². The first-order valence-corrected chi connectivity index (χ1v) is 10.6. The van der Waals surface area contributed by atoms with Crippen LogP contribution in [-0.4, -0.2) is 60.2 Å². The lowest BCUT2D eigenvalue weighted by atomic mass is 10.0. The van der Waals surface area contributed by atoms with Gasteiger partial charge < -0.3 is 15.2 Å². The van der Waals surface area contributed by atoms with E-state index < -0.39 is 0 Å². The van der Waals surface area contributed by atoms with Gasteiger partial charge in [0.1, 0.15) is 5.75 Å². The van der Waals surface area contributed by atoms with Gasteiger partial charge in [0.2, 0.25) is 5.91 Å². The first kappa shape index (κ1) is 22.3. The summed E-state index contributed by atoms with van der Waals surface area (Å²) in [7, 11) is 1.70. The van der Waals surface area contributed by atoms with Crippen LogP contribution < -0.4 is 10.1 Å². The third-order valence-electron chi connectivity index (χ3n) is 5.68. The van der Waals surface area contributed by atoms with Crippen molar-refractivity contribution >= 4 is 11.6 Å². The van der Waals surface area contributed by atoms with Crippen molar-refractivity contribution in [1.29, 1.82) is 0 Å². The Kier molecular flexibility index (Phi) is 7.85. The zero-order valence-electron chi connectivity index (χ0n) is 18.2. The SMILES string of the molecule is COc1ccc(CN2CCN(Cc3ccc(NC(C)=O)cc3)CC2CCO)cc1C. The number of hydrogen-bond donors (Lipinski definition) is 2. The Morgan fingerprint density at radius 3 is 2.50 bits per heavy atom. The van der Waals surface area contributed by atoms with Gasteiger partial charge in [-0.15, -0.1) is 0 Å². The summed E-state index contributed by atoms with van der Waals surface area (Å²) in [5, 5.41) is 12.4. The second-order valence-electron chi connectivity index (χ2n) is 8.05. The first-order chi connectivity index (χ1) is 14.5. The maximum atomic E-state index is 11.2. The fourth-order valence-electron chi connectivity index (χ4n) is 4.16. The molecule has 6 heteroatoms. The summed E-state index contributed by atoms with van der Waals surface area (Å²) in [4.78, 5) is 16.1. The number of aliphatic hydroxyl groups is 1. The number of nitrogens with zero attached hydrogens (tertiary/aromatic N) is 2. The van der Waals surface area contributed by atoms with Crippen molar-refractivity contribution < 1.29 is 14.6 Å². The van der Waals surface area contributed by atoms with Crippen molar-refractivity contribution in [2.24, 2.45) is 0 Å². The number of carbonyl (C=O) groups excluding carboxylic acids is 1. The molecule has 0 bridgehead atoms. The highest BCUT2D eigenvalue weighted by Crippen LogP contribution is 2.23. The smallest absolute Gasteiger partial charge is 0.221 e. The standard InChI is InChI=1S/C24H33N3O3/c1-18-14-21(6-9-24(18)30-3)16-27-12-11-26(17-23(27)10-13-28)15-20-4-7-22(8-5-20)25-19(2)29/h4-9,14,23,28H,10-13,15-17H2,1-3H3,(H,25,29). The number of aliphatic hydroxyl groups excluding tert-OH is 1. The summed E-state index contributed by atoms with van der Waals surface area (Å²) >= 11 is 0. The van der Waals surface area contributed by atoms with Crippen molar-refractivity contribution in [3.63, 3.8) is 0 Å². The number of amides is 1. The van der Waals surface area contributed by atoms with Crippen LogP contribution in [0.5, 0.6) is 5.75 Å². The van der Waals surface area contributed by atoms with Crippen LogP contribution in [0.4, 0.5) is 5.69 Å². The highest BCUT2D eigenvalue weighted by Gasteiger charge is 2.26. The quantitative estimate of drug-likeness (QED) is 0.699. The van der Waals surface area contributed by atoms with Gasteiger partial charge in [-0.05, 0) is 48.2 Å². The lowest BCUT2D eigenvalue weighted by Crippen LogP contribution is -2.52. The molecule has 1 saturated heterocycles. The van der Waals surface area contributed by atoms with E-state index in [4.69, 9.17) is 4.74 Å². The van der Waals surface area contributed by atoms with Crippen LogP contribution in [0, 0.1) is 6.92 Å². The first-order valence-electron chi connectivity index (χ1n) is 10.6. The van der Waals surface area contributed by atoms with Crippen LogP contribution in [0.25, 0.3) is 0 Å². The van der Waals surface area contributed by atoms with Crippen LogP contribution in [0.15, 0.2) is 42.5 Å². The molecule has 2 aromatic carbocycles. The van der Waals surface area contributed by atoms with E-state index in [1.165, 1.54) is 18.1 Å². The number of nitrogens with one attached hydrogen (secondary N) is 1. The highest BCUT2D eigenvalue weighted by atomic mass is 16.5. The topological polar surface area (TPSA) is 65.0 Å². The fraction of sp³-hybridized carbons (Fsp3) is 0.458. The van der Waals surface area contributed by atoms with Crippen molar-refractivity contribution in [2.75, 3.05) is 38.7 Å². The van der Waals surface area contributed by atoms with Gasteiger partial charge in [0, 0.05) is 58.0 Å². The summed E-state index contributed by atoms with van der Waals surface area (Å²) in [6.07, 6.45) is 0.771. The van der Waals surface area contributed by atoms with Gasteiger partial charge in [-0.25, -0.2) is 0 Å². The molecule has 6 nitrogen and oxygen atoms in total. The minimum Gasteiger partial charge on any atom is -0.496 e. The molecule has 1 aliphatic rings. The molecule has 2 N–H and O–H groups in total. The van der Waals surface area contributed by atoms with E-state index >= 15 is 0 Å². The summed E-state index contributed by atoms with van der Waals surface area (Å²) in [6, 6.07) is 14.7. The molecule has 0 aliphatic carbocycles. The molecule has 1 heterocycles. The number of aryl methyl sites for hydroxylation is 1. The summed E-state index contributed by atoms with van der Waals surface area (Å²) < 4.78 is 5.37. The Morgan fingerprint density at radius 1 is 1.13 bits per heavy atom. The second kappa shape index (κ2) is 10.6. The zero-order chi connectivity index (χ0) is 21.5. The van der Waals surface area contributed by atoms with Crippen LogP contribution >= 0.6 is 0 Å². The van der Waals surface area contributed by atoms with E-state index in [-0.39, 0.29) is 12.5 Å². The molecular weight excluding hydrogens is 378 g/mol. The van der Waals surface area contributed by atoms with Crippen molar-refractivity contribution in [2.45, 2.75) is 39.4 Å². The number of ether oxygens (including phenoxy) is 1. The number of carbonyl (C=O) groups is 1. The maximum absolute atomic E-state index is 11.2. The predicted octanol–water partition coefficient (Wildman–Crippen LogP) is 3.03. The molecule has 162 valence electrons. The van der Waals surface area contributed by atoms with E-state index in [2.05, 4.69) is 46.3 Å². The molecule has 1 aliphatic heterocycles. The Hall–Kier alpha value is -2.41. The molecule has 1 atom stereocenters. The molecule has 0 radical (unpaired) electrons. The Balaban J connectivity index is 1.60. The van der Waals surface area contributed by atoms with Crippen molar-refractivity contribution in [3.8, 4) is 5.75 Å². The molecule has 1 fully saturated rings. The second-order valence-corrected chi connectivity index (χ2v) is 8.05. The molecule has 0 spiro atoms. The van der Waals surface area contributed by atoms with Crippen molar-refractivity contribution in [1.82, 2.24) is 9.80 Å². The molecule has 3 rings (SSSR count). The molecule has 30 heavy (non-hydrogen) atoms.